The molecule has 4 heteroatoms. The van der Waals surface area contributed by atoms with Crippen LogP contribution >= 0.6 is 0 Å². The van der Waals surface area contributed by atoms with Crippen molar-refractivity contribution in [3.63, 3.8) is 0 Å². The van der Waals surface area contributed by atoms with Gasteiger partial charge in [0, 0.05) is 19.0 Å². The van der Waals surface area contributed by atoms with E-state index in [1.807, 2.05) is 0 Å². The molecule has 2 N–H and O–H groups in total. The van der Waals surface area contributed by atoms with Crippen molar-refractivity contribution in [2.75, 3.05) is 6.54 Å². The second kappa shape index (κ2) is 3.01. The van der Waals surface area contributed by atoms with Crippen molar-refractivity contribution in [1.82, 2.24) is 10.6 Å². The predicted octanol–water partition coefficient (Wildman–Crippen LogP) is -0.353. The molecule has 1 aliphatic carbocycles. The third-order valence-corrected chi connectivity index (χ3v) is 2.79. The monoisotopic (exact) mass is 182 g/mol. The van der Waals surface area contributed by atoms with Crippen molar-refractivity contribution in [2.24, 2.45) is 11.8 Å². The van der Waals surface area contributed by atoms with Gasteiger partial charge in [0.15, 0.2) is 0 Å². The molecule has 1 aliphatic heterocycles. The lowest BCUT2D eigenvalue weighted by atomic mass is 10.1. The summed E-state index contributed by atoms with van der Waals surface area (Å²) >= 11 is 0. The molecule has 0 bridgehead atoms. The molecule has 0 aromatic heterocycles. The van der Waals surface area contributed by atoms with Gasteiger partial charge in [0.1, 0.15) is 0 Å². The number of hydrogen-bond donors (Lipinski definition) is 2. The van der Waals surface area contributed by atoms with Crippen LogP contribution < -0.4 is 10.6 Å². The highest BCUT2D eigenvalue weighted by molar-refractivity contribution is 5.89. The highest BCUT2D eigenvalue weighted by Crippen LogP contribution is 2.29. The van der Waals surface area contributed by atoms with Gasteiger partial charge in [0.05, 0.1) is 5.92 Å². The first kappa shape index (κ1) is 8.53. The van der Waals surface area contributed by atoms with E-state index in [0.29, 0.717) is 24.9 Å². The number of carbonyl (C=O) groups excluding carboxylic acids is 2. The zero-order valence-corrected chi connectivity index (χ0v) is 7.67. The quantitative estimate of drug-likeness (QED) is 0.613. The number of rotatable bonds is 2. The number of nitrogens with one attached hydrogen (secondary N) is 2. The molecule has 4 nitrogen and oxygen atoms in total. The summed E-state index contributed by atoms with van der Waals surface area (Å²) in [5.41, 5.74) is 0. The van der Waals surface area contributed by atoms with E-state index in [9.17, 15) is 9.59 Å². The van der Waals surface area contributed by atoms with Crippen LogP contribution in [0.25, 0.3) is 0 Å². The molecule has 72 valence electrons. The molecule has 0 aromatic carbocycles. The Morgan fingerprint density at radius 3 is 2.77 bits per heavy atom. The van der Waals surface area contributed by atoms with Gasteiger partial charge in [0.2, 0.25) is 11.8 Å². The lowest BCUT2D eigenvalue weighted by Gasteiger charge is -2.07. The van der Waals surface area contributed by atoms with Crippen LogP contribution in [0, 0.1) is 11.8 Å². The standard InChI is InChI=1S/C9H14N2O2/c1-5-2-7(5)11-9(13)6-3-8(12)10-4-6/h5-7H,2-4H2,1H3,(H,10,12)(H,11,13). The van der Waals surface area contributed by atoms with Crippen LogP contribution in [-0.2, 0) is 9.59 Å². The summed E-state index contributed by atoms with van der Waals surface area (Å²) in [5.74, 6) is 0.506. The molecule has 1 heterocycles. The van der Waals surface area contributed by atoms with E-state index in [1.165, 1.54) is 0 Å². The lowest BCUT2D eigenvalue weighted by molar-refractivity contribution is -0.126. The Hall–Kier alpha value is -1.06. The lowest BCUT2D eigenvalue weighted by Crippen LogP contribution is -2.34. The van der Waals surface area contributed by atoms with Gasteiger partial charge < -0.3 is 10.6 Å². The van der Waals surface area contributed by atoms with E-state index >= 15 is 0 Å². The highest BCUT2D eigenvalue weighted by Gasteiger charge is 2.37. The molecule has 0 spiro atoms. The maximum atomic E-state index is 11.5. The normalized spacial score (nSPS) is 37.0. The minimum atomic E-state index is -0.139. The Bertz CT molecular complexity index is 252. The molecule has 1 saturated carbocycles. The summed E-state index contributed by atoms with van der Waals surface area (Å²) in [6, 6.07) is 0.364. The van der Waals surface area contributed by atoms with Gasteiger partial charge in [-0.25, -0.2) is 0 Å². The minimum absolute atomic E-state index is 0.0102. The zero-order chi connectivity index (χ0) is 9.42. The molecule has 2 fully saturated rings. The van der Waals surface area contributed by atoms with Crippen LogP contribution in [0.3, 0.4) is 0 Å². The first-order valence-corrected chi connectivity index (χ1v) is 4.74. The minimum Gasteiger partial charge on any atom is -0.355 e. The molecule has 2 aliphatic rings. The van der Waals surface area contributed by atoms with E-state index in [2.05, 4.69) is 17.6 Å². The van der Waals surface area contributed by atoms with Crippen molar-refractivity contribution in [3.05, 3.63) is 0 Å². The van der Waals surface area contributed by atoms with Crippen LogP contribution in [-0.4, -0.2) is 24.4 Å². The second-order valence-electron chi connectivity index (χ2n) is 4.03. The second-order valence-corrected chi connectivity index (χ2v) is 4.03. The van der Waals surface area contributed by atoms with Crippen molar-refractivity contribution in [3.8, 4) is 0 Å². The van der Waals surface area contributed by atoms with Crippen molar-refractivity contribution in [1.29, 1.82) is 0 Å². The Balaban J connectivity index is 1.80. The Kier molecular flexibility index (Phi) is 1.98. The molecule has 13 heavy (non-hydrogen) atoms. The maximum absolute atomic E-state index is 11.5. The van der Waals surface area contributed by atoms with E-state index in [-0.39, 0.29) is 17.7 Å². The Labute approximate surface area is 77.1 Å². The van der Waals surface area contributed by atoms with Crippen molar-refractivity contribution < 1.29 is 9.59 Å². The van der Waals surface area contributed by atoms with Crippen LogP contribution in [0.4, 0.5) is 0 Å². The van der Waals surface area contributed by atoms with Crippen molar-refractivity contribution in [2.45, 2.75) is 25.8 Å². The Morgan fingerprint density at radius 2 is 2.31 bits per heavy atom. The maximum Gasteiger partial charge on any atom is 0.225 e. The van der Waals surface area contributed by atoms with Crippen LogP contribution in [0.1, 0.15) is 19.8 Å². The first-order valence-electron chi connectivity index (χ1n) is 4.74. The summed E-state index contributed by atoms with van der Waals surface area (Å²) in [6.45, 7) is 2.62. The van der Waals surface area contributed by atoms with Crippen LogP contribution in [0.15, 0.2) is 0 Å². The molecule has 1 saturated heterocycles. The topological polar surface area (TPSA) is 58.2 Å². The van der Waals surface area contributed by atoms with E-state index in [1.54, 1.807) is 0 Å². The predicted molar refractivity (Wildman–Crippen MR) is 46.8 cm³/mol. The van der Waals surface area contributed by atoms with Crippen LogP contribution in [0.5, 0.6) is 0 Å². The first-order chi connectivity index (χ1) is 6.16. The third-order valence-electron chi connectivity index (χ3n) is 2.79. The van der Waals surface area contributed by atoms with Gasteiger partial charge in [-0.3, -0.25) is 9.59 Å². The summed E-state index contributed by atoms with van der Waals surface area (Å²) in [6.07, 6.45) is 1.44. The Morgan fingerprint density at radius 1 is 1.62 bits per heavy atom. The molecule has 0 aromatic rings. The highest BCUT2D eigenvalue weighted by atomic mass is 16.2. The average molecular weight is 182 g/mol. The fourth-order valence-corrected chi connectivity index (χ4v) is 1.61. The molecule has 3 unspecified atom stereocenters. The fraction of sp³-hybridized carbons (Fsp3) is 0.778. The van der Waals surface area contributed by atoms with Gasteiger partial charge in [-0.1, -0.05) is 6.92 Å². The van der Waals surface area contributed by atoms with Gasteiger partial charge in [0.25, 0.3) is 0 Å². The molecule has 3 atom stereocenters. The summed E-state index contributed by atoms with van der Waals surface area (Å²) in [7, 11) is 0. The zero-order valence-electron chi connectivity index (χ0n) is 7.67. The van der Waals surface area contributed by atoms with Gasteiger partial charge in [-0.05, 0) is 12.3 Å². The number of carbonyl (C=O) groups is 2. The fourth-order valence-electron chi connectivity index (χ4n) is 1.61. The largest absolute Gasteiger partial charge is 0.355 e. The molecule has 2 rings (SSSR count). The summed E-state index contributed by atoms with van der Waals surface area (Å²) < 4.78 is 0. The van der Waals surface area contributed by atoms with Gasteiger partial charge >= 0.3 is 0 Å². The molecule has 2 amide bonds. The van der Waals surface area contributed by atoms with Crippen molar-refractivity contribution >= 4 is 11.8 Å². The smallest absolute Gasteiger partial charge is 0.225 e. The van der Waals surface area contributed by atoms with Gasteiger partial charge in [-0.2, -0.15) is 0 Å². The molecular formula is C9H14N2O2. The molecular weight excluding hydrogens is 168 g/mol. The van der Waals surface area contributed by atoms with E-state index in [4.69, 9.17) is 0 Å². The number of amides is 2. The van der Waals surface area contributed by atoms with Crippen LogP contribution in [0.2, 0.25) is 0 Å². The summed E-state index contributed by atoms with van der Waals surface area (Å²) in [5, 5.41) is 5.59. The van der Waals surface area contributed by atoms with E-state index in [0.717, 1.165) is 6.42 Å². The SMILES string of the molecule is CC1CC1NC(=O)C1CNC(=O)C1. The number of hydrogen-bond acceptors (Lipinski definition) is 2. The van der Waals surface area contributed by atoms with E-state index < -0.39 is 0 Å². The summed E-state index contributed by atoms with van der Waals surface area (Å²) in [4.78, 5) is 22.3. The molecule has 0 radical (unpaired) electrons. The van der Waals surface area contributed by atoms with Gasteiger partial charge in [-0.15, -0.1) is 0 Å². The average Bonchev–Trinajstić information content (AvgIpc) is 2.62. The third kappa shape index (κ3) is 1.82.